The maximum atomic E-state index is 12.7. The van der Waals surface area contributed by atoms with E-state index < -0.39 is 5.25 Å². The molecule has 2 atom stereocenters. The number of benzene rings is 1. The molecule has 2 saturated heterocycles. The number of carbonyl (C=O) groups excluding carboxylic acids is 3. The molecule has 3 aliphatic rings. The van der Waals surface area contributed by atoms with Gasteiger partial charge in [0.1, 0.15) is 5.25 Å². The van der Waals surface area contributed by atoms with Crippen LogP contribution in [0.5, 0.6) is 0 Å². The molecule has 160 valence electrons. The highest BCUT2D eigenvalue weighted by molar-refractivity contribution is 8.15. The van der Waals surface area contributed by atoms with E-state index in [9.17, 15) is 14.4 Å². The fourth-order valence-corrected chi connectivity index (χ4v) is 5.30. The Hall–Kier alpha value is -2.35. The molecule has 30 heavy (non-hydrogen) atoms. The number of hydrogen-bond acceptors (Lipinski definition) is 5. The Morgan fingerprint density at radius 3 is 2.57 bits per heavy atom. The zero-order chi connectivity index (χ0) is 21.1. The van der Waals surface area contributed by atoms with Crippen molar-refractivity contribution in [2.24, 2.45) is 10.9 Å². The molecular formula is C22H28N4O3S. The summed E-state index contributed by atoms with van der Waals surface area (Å²) < 4.78 is 0. The summed E-state index contributed by atoms with van der Waals surface area (Å²) in [4.78, 5) is 45.4. The van der Waals surface area contributed by atoms with Gasteiger partial charge in [0.15, 0.2) is 5.17 Å². The lowest BCUT2D eigenvalue weighted by molar-refractivity contribution is -0.121. The van der Waals surface area contributed by atoms with E-state index in [1.165, 1.54) is 18.2 Å². The maximum Gasteiger partial charge on any atom is 0.262 e. The normalized spacial score (nSPS) is 24.2. The average molecular weight is 429 g/mol. The summed E-state index contributed by atoms with van der Waals surface area (Å²) in [6.07, 6.45) is 4.54. The minimum absolute atomic E-state index is 0.0407. The fourth-order valence-electron chi connectivity index (χ4n) is 4.19. The number of nitrogens with one attached hydrogen (secondary N) is 1. The van der Waals surface area contributed by atoms with E-state index in [1.807, 2.05) is 4.90 Å². The molecular weight excluding hydrogens is 400 g/mol. The van der Waals surface area contributed by atoms with Gasteiger partial charge in [0.05, 0.1) is 0 Å². The topological polar surface area (TPSA) is 82.1 Å². The van der Waals surface area contributed by atoms with Gasteiger partial charge in [-0.1, -0.05) is 18.7 Å². The molecule has 3 amide bonds. The zero-order valence-corrected chi connectivity index (χ0v) is 18.1. The number of hydrogen-bond donors (Lipinski definition) is 1. The highest BCUT2D eigenvalue weighted by Gasteiger charge is 2.33. The summed E-state index contributed by atoms with van der Waals surface area (Å²) in [7, 11) is 0. The van der Waals surface area contributed by atoms with Crippen LogP contribution in [0.25, 0.3) is 0 Å². The zero-order valence-electron chi connectivity index (χ0n) is 17.3. The summed E-state index contributed by atoms with van der Waals surface area (Å²) in [6, 6.07) is 6.99. The molecule has 0 aliphatic carbocycles. The van der Waals surface area contributed by atoms with Crippen molar-refractivity contribution in [1.82, 2.24) is 9.80 Å². The Balaban J connectivity index is 1.29. The molecule has 7 nitrogen and oxygen atoms in total. The molecule has 1 aromatic rings. The number of anilines is 1. The first-order valence-electron chi connectivity index (χ1n) is 10.7. The third-order valence-electron chi connectivity index (χ3n) is 5.84. The largest absolute Gasteiger partial charge is 0.351 e. The first-order chi connectivity index (χ1) is 14.5. The van der Waals surface area contributed by atoms with E-state index in [0.29, 0.717) is 17.2 Å². The van der Waals surface area contributed by atoms with Crippen LogP contribution in [0.1, 0.15) is 49.4 Å². The minimum Gasteiger partial charge on any atom is -0.351 e. The Bertz CT molecular complexity index is 848. The summed E-state index contributed by atoms with van der Waals surface area (Å²) in [5.41, 5.74) is 1.26. The van der Waals surface area contributed by atoms with Gasteiger partial charge in [-0.3, -0.25) is 14.4 Å². The van der Waals surface area contributed by atoms with Crippen LogP contribution in [0.3, 0.4) is 0 Å². The predicted octanol–water partition coefficient (Wildman–Crippen LogP) is 2.98. The van der Waals surface area contributed by atoms with Crippen molar-refractivity contribution in [1.29, 1.82) is 0 Å². The van der Waals surface area contributed by atoms with Gasteiger partial charge >= 0.3 is 0 Å². The molecule has 3 aliphatic heterocycles. The SMILES string of the molecule is C[C@@H]1CCCN(C(=O)c2ccc(NC(=O)C[C@H]3SC(N4CCCC4)=NC3=O)cc2)C1. The van der Waals surface area contributed by atoms with Crippen LogP contribution in [0, 0.1) is 5.92 Å². The molecule has 2 fully saturated rings. The lowest BCUT2D eigenvalue weighted by Crippen LogP contribution is -2.39. The minimum atomic E-state index is -0.456. The maximum absolute atomic E-state index is 12.7. The number of amides is 3. The van der Waals surface area contributed by atoms with Crippen molar-refractivity contribution >= 4 is 40.3 Å². The van der Waals surface area contributed by atoms with Gasteiger partial charge in [0.25, 0.3) is 11.8 Å². The van der Waals surface area contributed by atoms with Gasteiger partial charge in [-0.15, -0.1) is 0 Å². The van der Waals surface area contributed by atoms with E-state index in [4.69, 9.17) is 0 Å². The van der Waals surface area contributed by atoms with Gasteiger partial charge in [-0.2, -0.15) is 4.99 Å². The molecule has 0 bridgehead atoms. The molecule has 3 heterocycles. The number of amidine groups is 1. The molecule has 0 saturated carbocycles. The van der Waals surface area contributed by atoms with Crippen molar-refractivity contribution < 1.29 is 14.4 Å². The highest BCUT2D eigenvalue weighted by atomic mass is 32.2. The lowest BCUT2D eigenvalue weighted by atomic mass is 9.99. The van der Waals surface area contributed by atoms with Crippen LogP contribution < -0.4 is 5.32 Å². The highest BCUT2D eigenvalue weighted by Crippen LogP contribution is 2.29. The van der Waals surface area contributed by atoms with Crippen LogP contribution in [-0.2, 0) is 9.59 Å². The molecule has 8 heteroatoms. The van der Waals surface area contributed by atoms with Crippen LogP contribution in [0.2, 0.25) is 0 Å². The van der Waals surface area contributed by atoms with Crippen LogP contribution in [-0.4, -0.2) is 64.1 Å². The van der Waals surface area contributed by atoms with Crippen LogP contribution >= 0.6 is 11.8 Å². The van der Waals surface area contributed by atoms with Crippen molar-refractivity contribution in [2.75, 3.05) is 31.5 Å². The quantitative estimate of drug-likeness (QED) is 0.797. The van der Waals surface area contributed by atoms with Crippen molar-refractivity contribution in [2.45, 2.75) is 44.3 Å². The molecule has 0 spiro atoms. The summed E-state index contributed by atoms with van der Waals surface area (Å²) in [5.74, 6) is 0.128. The molecule has 4 rings (SSSR count). The summed E-state index contributed by atoms with van der Waals surface area (Å²) in [6.45, 7) is 5.63. The van der Waals surface area contributed by atoms with Gasteiger partial charge in [0, 0.05) is 43.9 Å². The van der Waals surface area contributed by atoms with E-state index in [0.717, 1.165) is 50.6 Å². The second kappa shape index (κ2) is 9.20. The van der Waals surface area contributed by atoms with E-state index in [1.54, 1.807) is 24.3 Å². The molecule has 1 N–H and O–H groups in total. The summed E-state index contributed by atoms with van der Waals surface area (Å²) in [5, 5.41) is 3.13. The number of thioether (sulfide) groups is 1. The van der Waals surface area contributed by atoms with Crippen molar-refractivity contribution in [3.05, 3.63) is 29.8 Å². The van der Waals surface area contributed by atoms with Crippen LogP contribution in [0.15, 0.2) is 29.3 Å². The Morgan fingerprint density at radius 1 is 1.13 bits per heavy atom. The first-order valence-corrected chi connectivity index (χ1v) is 11.6. The number of carbonyl (C=O) groups is 3. The third kappa shape index (κ3) is 4.86. The standard InChI is InChI=1S/C22H28N4O3S/c1-15-5-4-12-26(14-15)21(29)16-6-8-17(9-7-16)23-19(27)13-18-20(28)24-22(30-18)25-10-2-3-11-25/h6-9,15,18H,2-5,10-14H2,1H3,(H,23,27)/t15-,18-/m1/s1. The van der Waals surface area contributed by atoms with Gasteiger partial charge < -0.3 is 15.1 Å². The first kappa shape index (κ1) is 20.9. The third-order valence-corrected chi connectivity index (χ3v) is 7.05. The lowest BCUT2D eigenvalue weighted by Gasteiger charge is -2.31. The number of aliphatic imine (C=N–C) groups is 1. The van der Waals surface area contributed by atoms with E-state index in [2.05, 4.69) is 22.1 Å². The number of rotatable bonds is 4. The fraction of sp³-hybridized carbons (Fsp3) is 0.545. The summed E-state index contributed by atoms with van der Waals surface area (Å²) >= 11 is 1.39. The molecule has 0 aromatic heterocycles. The van der Waals surface area contributed by atoms with Crippen molar-refractivity contribution in [3.63, 3.8) is 0 Å². The molecule has 1 aromatic carbocycles. The van der Waals surface area contributed by atoms with Gasteiger partial charge in [-0.05, 0) is 55.9 Å². The number of likely N-dealkylation sites (tertiary alicyclic amines) is 2. The Labute approximate surface area is 181 Å². The van der Waals surface area contributed by atoms with E-state index in [-0.39, 0.29) is 24.1 Å². The monoisotopic (exact) mass is 428 g/mol. The van der Waals surface area contributed by atoms with Crippen LogP contribution in [0.4, 0.5) is 5.69 Å². The predicted molar refractivity (Wildman–Crippen MR) is 119 cm³/mol. The Morgan fingerprint density at radius 2 is 1.87 bits per heavy atom. The molecule has 0 radical (unpaired) electrons. The van der Waals surface area contributed by atoms with E-state index >= 15 is 0 Å². The van der Waals surface area contributed by atoms with Crippen molar-refractivity contribution in [3.8, 4) is 0 Å². The van der Waals surface area contributed by atoms with Gasteiger partial charge in [-0.25, -0.2) is 0 Å². The van der Waals surface area contributed by atoms with Gasteiger partial charge in [0.2, 0.25) is 5.91 Å². The average Bonchev–Trinajstić information content (AvgIpc) is 3.38. The number of piperidine rings is 1. The second-order valence-corrected chi connectivity index (χ2v) is 9.53. The second-order valence-electron chi connectivity index (χ2n) is 8.36. The molecule has 0 unspecified atom stereocenters. The Kier molecular flexibility index (Phi) is 6.41. The number of nitrogens with zero attached hydrogens (tertiary/aromatic N) is 3. The smallest absolute Gasteiger partial charge is 0.262 e.